The zero-order valence-electron chi connectivity index (χ0n) is 18.9. The van der Waals surface area contributed by atoms with Gasteiger partial charge in [0.2, 0.25) is 5.91 Å². The van der Waals surface area contributed by atoms with E-state index in [1.165, 1.54) is 6.07 Å². The average Bonchev–Trinajstić information content (AvgIpc) is 2.95. The lowest BCUT2D eigenvalue weighted by atomic mass is 10.2. The van der Waals surface area contributed by atoms with Crippen molar-refractivity contribution in [2.75, 3.05) is 63.8 Å². The minimum Gasteiger partial charge on any atom is -0.373 e. The van der Waals surface area contributed by atoms with Crippen LogP contribution in [0.5, 0.6) is 0 Å². The summed E-state index contributed by atoms with van der Waals surface area (Å²) in [5, 5.41) is 3.00. The average molecular weight is 458 g/mol. The number of carbonyl (C=O) groups is 1. The number of pyridine rings is 1. The minimum absolute atomic E-state index is 0.00909. The SMILES string of the molecule is C[C@@H]1CN(CCCNC(=O)CN2CCCN(c3ccc(C(F)(F)F)cn3)CC2)C[C@H](C)O1. The number of hydrogen-bond acceptors (Lipinski definition) is 6. The fourth-order valence-electron chi connectivity index (χ4n) is 4.36. The lowest BCUT2D eigenvalue weighted by molar-refractivity contribution is -0.137. The van der Waals surface area contributed by atoms with Crippen LogP contribution in [0.3, 0.4) is 0 Å². The topological polar surface area (TPSA) is 60.9 Å². The van der Waals surface area contributed by atoms with E-state index >= 15 is 0 Å². The molecule has 2 fully saturated rings. The van der Waals surface area contributed by atoms with Crippen molar-refractivity contribution >= 4 is 11.7 Å². The lowest BCUT2D eigenvalue weighted by Gasteiger charge is -2.35. The van der Waals surface area contributed by atoms with Crippen molar-refractivity contribution in [2.45, 2.75) is 45.1 Å². The van der Waals surface area contributed by atoms with Gasteiger partial charge in [0.05, 0.1) is 24.3 Å². The highest BCUT2D eigenvalue weighted by molar-refractivity contribution is 5.78. The zero-order chi connectivity index (χ0) is 23.1. The molecule has 1 aromatic heterocycles. The van der Waals surface area contributed by atoms with Crippen molar-refractivity contribution in [3.05, 3.63) is 23.9 Å². The Bertz CT molecular complexity index is 721. The van der Waals surface area contributed by atoms with Crippen LogP contribution in [0, 0.1) is 0 Å². The maximum atomic E-state index is 12.7. The molecule has 2 aliphatic rings. The van der Waals surface area contributed by atoms with Crippen LogP contribution in [0.25, 0.3) is 0 Å². The number of nitrogens with one attached hydrogen (secondary N) is 1. The smallest absolute Gasteiger partial charge is 0.373 e. The molecule has 0 spiro atoms. The molecule has 0 saturated carbocycles. The molecule has 0 bridgehead atoms. The van der Waals surface area contributed by atoms with Crippen LogP contribution in [0.1, 0.15) is 32.3 Å². The molecule has 2 aliphatic heterocycles. The van der Waals surface area contributed by atoms with Gasteiger partial charge in [0.25, 0.3) is 0 Å². The minimum atomic E-state index is -4.38. The van der Waals surface area contributed by atoms with Gasteiger partial charge in [-0.2, -0.15) is 13.2 Å². The molecular formula is C22H34F3N5O2. The first-order chi connectivity index (χ1) is 15.2. The summed E-state index contributed by atoms with van der Waals surface area (Å²) in [5.41, 5.74) is -0.744. The van der Waals surface area contributed by atoms with Gasteiger partial charge in [-0.05, 0) is 38.8 Å². The number of morpholine rings is 1. The first-order valence-corrected chi connectivity index (χ1v) is 11.4. The van der Waals surface area contributed by atoms with Crippen molar-refractivity contribution < 1.29 is 22.7 Å². The maximum absolute atomic E-state index is 12.7. The zero-order valence-corrected chi connectivity index (χ0v) is 18.9. The monoisotopic (exact) mass is 457 g/mol. The molecule has 0 aliphatic carbocycles. The van der Waals surface area contributed by atoms with Gasteiger partial charge in [-0.3, -0.25) is 14.6 Å². The third kappa shape index (κ3) is 7.60. The molecule has 2 saturated heterocycles. The van der Waals surface area contributed by atoms with Gasteiger partial charge in [-0.15, -0.1) is 0 Å². The molecule has 180 valence electrons. The molecule has 1 amide bonds. The van der Waals surface area contributed by atoms with E-state index in [0.29, 0.717) is 38.5 Å². The molecule has 1 N–H and O–H groups in total. The third-order valence-electron chi connectivity index (χ3n) is 5.82. The van der Waals surface area contributed by atoms with Crippen LogP contribution in [0.15, 0.2) is 18.3 Å². The molecule has 0 unspecified atom stereocenters. The summed E-state index contributed by atoms with van der Waals surface area (Å²) in [5.74, 6) is 0.547. The van der Waals surface area contributed by atoms with Gasteiger partial charge in [0.1, 0.15) is 5.82 Å². The molecule has 0 radical (unpaired) electrons. The summed E-state index contributed by atoms with van der Waals surface area (Å²) in [7, 11) is 0. The molecule has 1 aromatic rings. The van der Waals surface area contributed by atoms with Crippen molar-refractivity contribution in [1.82, 2.24) is 20.1 Å². The number of anilines is 1. The highest BCUT2D eigenvalue weighted by Gasteiger charge is 2.31. The Morgan fingerprint density at radius 1 is 1.12 bits per heavy atom. The highest BCUT2D eigenvalue weighted by Crippen LogP contribution is 2.29. The van der Waals surface area contributed by atoms with E-state index in [9.17, 15) is 18.0 Å². The predicted molar refractivity (Wildman–Crippen MR) is 117 cm³/mol. The molecule has 3 rings (SSSR count). The number of hydrogen-bond donors (Lipinski definition) is 1. The lowest BCUT2D eigenvalue weighted by Crippen LogP contribution is -2.46. The number of ether oxygens (including phenoxy) is 1. The summed E-state index contributed by atoms with van der Waals surface area (Å²) in [6.07, 6.45) is -1.29. The van der Waals surface area contributed by atoms with E-state index < -0.39 is 11.7 Å². The van der Waals surface area contributed by atoms with Gasteiger partial charge in [0.15, 0.2) is 0 Å². The van der Waals surface area contributed by atoms with Crippen LogP contribution in [0.2, 0.25) is 0 Å². The maximum Gasteiger partial charge on any atom is 0.417 e. The van der Waals surface area contributed by atoms with Gasteiger partial charge in [-0.25, -0.2) is 4.98 Å². The second-order valence-electron chi connectivity index (χ2n) is 8.74. The highest BCUT2D eigenvalue weighted by atomic mass is 19.4. The molecule has 2 atom stereocenters. The van der Waals surface area contributed by atoms with E-state index in [4.69, 9.17) is 4.74 Å². The third-order valence-corrected chi connectivity index (χ3v) is 5.82. The van der Waals surface area contributed by atoms with Crippen LogP contribution < -0.4 is 10.2 Å². The van der Waals surface area contributed by atoms with Crippen LogP contribution in [0.4, 0.5) is 19.0 Å². The van der Waals surface area contributed by atoms with Crippen molar-refractivity contribution in [3.63, 3.8) is 0 Å². The van der Waals surface area contributed by atoms with Gasteiger partial charge >= 0.3 is 6.18 Å². The Morgan fingerprint density at radius 3 is 2.53 bits per heavy atom. The fourth-order valence-corrected chi connectivity index (χ4v) is 4.36. The molecule has 10 heteroatoms. The Kier molecular flexibility index (Phi) is 8.72. The summed E-state index contributed by atoms with van der Waals surface area (Å²) in [4.78, 5) is 22.8. The number of halogens is 3. The fraction of sp³-hybridized carbons (Fsp3) is 0.727. The Hall–Kier alpha value is -1.91. The number of rotatable bonds is 7. The van der Waals surface area contributed by atoms with Crippen LogP contribution in [-0.4, -0.2) is 91.8 Å². The van der Waals surface area contributed by atoms with E-state index in [1.807, 2.05) is 4.90 Å². The van der Waals surface area contributed by atoms with E-state index in [0.717, 1.165) is 51.3 Å². The second-order valence-corrected chi connectivity index (χ2v) is 8.74. The molecule has 7 nitrogen and oxygen atoms in total. The summed E-state index contributed by atoms with van der Waals surface area (Å²) < 4.78 is 43.9. The summed E-state index contributed by atoms with van der Waals surface area (Å²) in [6.45, 7) is 10.7. The second kappa shape index (κ2) is 11.3. The quantitative estimate of drug-likeness (QED) is 0.634. The van der Waals surface area contributed by atoms with Gasteiger partial charge < -0.3 is 15.0 Å². The number of alkyl halides is 3. The number of carbonyl (C=O) groups excluding carboxylic acids is 1. The van der Waals surface area contributed by atoms with Gasteiger partial charge in [0, 0.05) is 58.6 Å². The van der Waals surface area contributed by atoms with Crippen molar-refractivity contribution in [2.24, 2.45) is 0 Å². The van der Waals surface area contributed by atoms with Gasteiger partial charge in [-0.1, -0.05) is 0 Å². The first kappa shape index (κ1) is 24.7. The van der Waals surface area contributed by atoms with Crippen molar-refractivity contribution in [3.8, 4) is 0 Å². The number of amides is 1. The number of nitrogens with zero attached hydrogens (tertiary/aromatic N) is 4. The molecule has 32 heavy (non-hydrogen) atoms. The molecular weight excluding hydrogens is 423 g/mol. The van der Waals surface area contributed by atoms with E-state index in [1.54, 1.807) is 0 Å². The molecule has 0 aromatic carbocycles. The van der Waals surface area contributed by atoms with Crippen LogP contribution in [-0.2, 0) is 15.7 Å². The largest absolute Gasteiger partial charge is 0.417 e. The van der Waals surface area contributed by atoms with Crippen LogP contribution >= 0.6 is 0 Å². The summed E-state index contributed by atoms with van der Waals surface area (Å²) >= 11 is 0. The Balaban J connectivity index is 1.36. The Morgan fingerprint density at radius 2 is 1.88 bits per heavy atom. The predicted octanol–water partition coefficient (Wildman–Crippen LogP) is 2.23. The Labute approximate surface area is 187 Å². The number of aromatic nitrogens is 1. The van der Waals surface area contributed by atoms with E-state index in [2.05, 4.69) is 33.9 Å². The van der Waals surface area contributed by atoms with Crippen molar-refractivity contribution in [1.29, 1.82) is 0 Å². The normalized spacial score (nSPS) is 23.7. The molecule has 3 heterocycles. The summed E-state index contributed by atoms with van der Waals surface area (Å²) in [6, 6.07) is 2.48. The van der Waals surface area contributed by atoms with E-state index in [-0.39, 0.29) is 18.1 Å². The standard InChI is InChI=1S/C22H34F3N5O2/c1-17-14-29(15-18(2)32-17)8-3-7-26-21(31)16-28-9-4-10-30(12-11-28)20-6-5-19(13-27-20)22(23,24)25/h5-6,13,17-18H,3-4,7-12,14-16H2,1-2H3,(H,26,31)/t17-,18+. The first-order valence-electron chi connectivity index (χ1n) is 11.4.